The minimum Gasteiger partial charge on any atom is -0.352 e. The van der Waals surface area contributed by atoms with Gasteiger partial charge in [-0.2, -0.15) is 5.10 Å². The van der Waals surface area contributed by atoms with Crippen LogP contribution in [0.4, 0.5) is 0 Å². The Hall–Kier alpha value is -1.63. The molecule has 0 aromatic carbocycles. The van der Waals surface area contributed by atoms with Gasteiger partial charge in [-0.25, -0.2) is 9.48 Å². The van der Waals surface area contributed by atoms with E-state index in [4.69, 9.17) is 0 Å². The molecule has 7 nitrogen and oxygen atoms in total. The molecule has 1 aromatic rings. The lowest BCUT2D eigenvalue weighted by atomic mass is 9.92. The fraction of sp³-hybridized carbons (Fsp3) is 0.833. The zero-order valence-electron chi connectivity index (χ0n) is 15.2. The molecule has 1 N–H and O–H groups in total. The van der Waals surface area contributed by atoms with Gasteiger partial charge in [0.05, 0.1) is 0 Å². The molecule has 0 saturated carbocycles. The summed E-state index contributed by atoms with van der Waals surface area (Å²) in [4.78, 5) is 27.8. The lowest BCUT2D eigenvalue weighted by Gasteiger charge is -2.32. The average molecular weight is 347 g/mol. The first kappa shape index (κ1) is 16.8. The molecule has 0 radical (unpaired) electrons. The molecule has 1 atom stereocenters. The van der Waals surface area contributed by atoms with E-state index in [0.717, 1.165) is 70.3 Å². The number of aromatic nitrogens is 3. The largest absolute Gasteiger partial charge is 0.352 e. The molecular weight excluding hydrogens is 318 g/mol. The molecule has 25 heavy (non-hydrogen) atoms. The summed E-state index contributed by atoms with van der Waals surface area (Å²) in [5, 5.41) is 7.81. The second-order valence-electron chi connectivity index (χ2n) is 7.80. The molecule has 4 heterocycles. The number of carbonyl (C=O) groups excluding carboxylic acids is 1. The minimum absolute atomic E-state index is 0.000168. The Morgan fingerprint density at radius 2 is 2.00 bits per heavy atom. The van der Waals surface area contributed by atoms with Crippen LogP contribution in [0.15, 0.2) is 4.79 Å². The zero-order chi connectivity index (χ0) is 17.4. The van der Waals surface area contributed by atoms with Gasteiger partial charge in [-0.15, -0.1) is 0 Å². The van der Waals surface area contributed by atoms with Crippen LogP contribution in [0.2, 0.25) is 0 Å². The van der Waals surface area contributed by atoms with E-state index in [0.29, 0.717) is 13.1 Å². The lowest BCUT2D eigenvalue weighted by Crippen LogP contribution is -2.54. The van der Waals surface area contributed by atoms with Crippen LogP contribution in [0.3, 0.4) is 0 Å². The third-order valence-electron chi connectivity index (χ3n) is 6.25. The van der Waals surface area contributed by atoms with Crippen molar-refractivity contribution in [2.45, 2.75) is 83.0 Å². The Balaban J connectivity index is 1.42. The quantitative estimate of drug-likeness (QED) is 0.879. The Bertz CT molecular complexity index is 697. The van der Waals surface area contributed by atoms with Crippen molar-refractivity contribution in [1.29, 1.82) is 0 Å². The van der Waals surface area contributed by atoms with E-state index in [1.165, 1.54) is 0 Å². The highest BCUT2D eigenvalue weighted by atomic mass is 16.2. The summed E-state index contributed by atoms with van der Waals surface area (Å²) in [5.74, 6) is 1.09. The fourth-order valence-electron chi connectivity index (χ4n) is 4.93. The first-order valence-electron chi connectivity index (χ1n) is 9.86. The number of aryl methyl sites for hydroxylation is 2. The van der Waals surface area contributed by atoms with Crippen molar-refractivity contribution in [2.24, 2.45) is 0 Å². The van der Waals surface area contributed by atoms with Gasteiger partial charge in [-0.3, -0.25) is 14.3 Å². The molecule has 2 saturated heterocycles. The van der Waals surface area contributed by atoms with Gasteiger partial charge in [0.2, 0.25) is 5.91 Å². The summed E-state index contributed by atoms with van der Waals surface area (Å²) in [7, 11) is 0. The smallest absolute Gasteiger partial charge is 0.345 e. The maximum absolute atomic E-state index is 13.0. The molecule has 0 bridgehead atoms. The molecule has 1 aromatic heterocycles. The highest BCUT2D eigenvalue weighted by Crippen LogP contribution is 2.39. The number of hydrogen-bond acceptors (Lipinski definition) is 4. The molecule has 0 aliphatic carbocycles. The molecule has 4 rings (SSSR count). The van der Waals surface area contributed by atoms with Gasteiger partial charge < -0.3 is 5.32 Å². The second-order valence-corrected chi connectivity index (χ2v) is 7.80. The number of rotatable bonds is 4. The SMILES string of the molecule is CCCn1nc2n(c1=O)CCC(NC(=O)C13CCCN1CCC3)CC2. The molecule has 138 valence electrons. The molecule has 2 fully saturated rings. The summed E-state index contributed by atoms with van der Waals surface area (Å²) in [5.41, 5.74) is -0.242. The molecule has 7 heteroatoms. The van der Waals surface area contributed by atoms with Crippen LogP contribution in [0.25, 0.3) is 0 Å². The summed E-state index contributed by atoms with van der Waals surface area (Å²) >= 11 is 0. The van der Waals surface area contributed by atoms with Gasteiger partial charge in [0.1, 0.15) is 11.4 Å². The number of hydrogen-bond donors (Lipinski definition) is 1. The van der Waals surface area contributed by atoms with Crippen LogP contribution < -0.4 is 11.0 Å². The Kier molecular flexibility index (Phi) is 4.43. The van der Waals surface area contributed by atoms with E-state index in [9.17, 15) is 9.59 Å². The van der Waals surface area contributed by atoms with Crippen molar-refractivity contribution < 1.29 is 4.79 Å². The van der Waals surface area contributed by atoms with Crippen molar-refractivity contribution in [3.63, 3.8) is 0 Å². The van der Waals surface area contributed by atoms with Crippen molar-refractivity contribution in [1.82, 2.24) is 24.6 Å². The third-order valence-corrected chi connectivity index (χ3v) is 6.25. The number of carbonyl (C=O) groups is 1. The Morgan fingerprint density at radius 1 is 1.24 bits per heavy atom. The van der Waals surface area contributed by atoms with E-state index in [1.807, 2.05) is 0 Å². The predicted molar refractivity (Wildman–Crippen MR) is 94.4 cm³/mol. The summed E-state index contributed by atoms with van der Waals surface area (Å²) in [6.07, 6.45) is 7.59. The van der Waals surface area contributed by atoms with Crippen molar-refractivity contribution in [2.75, 3.05) is 13.1 Å². The van der Waals surface area contributed by atoms with Gasteiger partial charge in [-0.05, 0) is 58.0 Å². The van der Waals surface area contributed by atoms with Crippen LogP contribution >= 0.6 is 0 Å². The Labute approximate surface area is 148 Å². The zero-order valence-corrected chi connectivity index (χ0v) is 15.2. The molecule has 0 spiro atoms. The van der Waals surface area contributed by atoms with E-state index < -0.39 is 0 Å². The van der Waals surface area contributed by atoms with Crippen molar-refractivity contribution >= 4 is 5.91 Å². The second kappa shape index (κ2) is 6.59. The molecule has 3 aliphatic rings. The van der Waals surface area contributed by atoms with Gasteiger partial charge in [0.25, 0.3) is 0 Å². The highest BCUT2D eigenvalue weighted by molar-refractivity contribution is 5.87. The molecule has 1 amide bonds. The van der Waals surface area contributed by atoms with E-state index in [1.54, 1.807) is 9.25 Å². The van der Waals surface area contributed by atoms with Gasteiger partial charge in [0, 0.05) is 25.6 Å². The van der Waals surface area contributed by atoms with E-state index in [2.05, 4.69) is 22.2 Å². The van der Waals surface area contributed by atoms with Gasteiger partial charge in [0.15, 0.2) is 0 Å². The van der Waals surface area contributed by atoms with Crippen LogP contribution in [-0.4, -0.2) is 49.8 Å². The van der Waals surface area contributed by atoms with E-state index in [-0.39, 0.29) is 23.2 Å². The van der Waals surface area contributed by atoms with Crippen molar-refractivity contribution in [3.8, 4) is 0 Å². The average Bonchev–Trinajstić information content (AvgIpc) is 3.21. The van der Waals surface area contributed by atoms with Crippen LogP contribution in [0.5, 0.6) is 0 Å². The maximum Gasteiger partial charge on any atom is 0.345 e. The maximum atomic E-state index is 13.0. The monoisotopic (exact) mass is 347 g/mol. The summed E-state index contributed by atoms with van der Waals surface area (Å²) < 4.78 is 3.39. The Morgan fingerprint density at radius 3 is 2.72 bits per heavy atom. The first-order valence-corrected chi connectivity index (χ1v) is 9.86. The van der Waals surface area contributed by atoms with Crippen LogP contribution in [0.1, 0.15) is 57.7 Å². The number of nitrogens with zero attached hydrogens (tertiary/aromatic N) is 4. The third kappa shape index (κ3) is 2.82. The van der Waals surface area contributed by atoms with Crippen molar-refractivity contribution in [3.05, 3.63) is 16.3 Å². The number of amides is 1. The lowest BCUT2D eigenvalue weighted by molar-refractivity contribution is -0.131. The first-order chi connectivity index (χ1) is 12.1. The van der Waals surface area contributed by atoms with Crippen LogP contribution in [-0.2, 0) is 24.3 Å². The van der Waals surface area contributed by atoms with Crippen LogP contribution in [0, 0.1) is 0 Å². The summed E-state index contributed by atoms with van der Waals surface area (Å²) in [6, 6.07) is 0.144. The summed E-state index contributed by atoms with van der Waals surface area (Å²) in [6.45, 7) is 5.50. The number of fused-ring (bicyclic) bond motifs is 2. The normalized spacial score (nSPS) is 25.4. The molecule has 1 unspecified atom stereocenters. The molecule has 3 aliphatic heterocycles. The number of nitrogens with one attached hydrogen (secondary N) is 1. The predicted octanol–water partition coefficient (Wildman–Crippen LogP) is 0.904. The molecular formula is C18H29N5O2. The topological polar surface area (TPSA) is 72.2 Å². The fourth-order valence-corrected chi connectivity index (χ4v) is 4.93. The highest BCUT2D eigenvalue weighted by Gasteiger charge is 2.50. The van der Waals surface area contributed by atoms with E-state index >= 15 is 0 Å². The van der Waals surface area contributed by atoms with Gasteiger partial charge >= 0.3 is 5.69 Å². The standard InChI is InChI=1S/C18H29N5O2/c1-2-10-23-17(25)22-13-7-14(5-6-15(22)20-23)19-16(24)18-8-3-11-21(18)12-4-9-18/h14H,2-13H2,1H3,(H,19,24). The van der Waals surface area contributed by atoms with Gasteiger partial charge in [-0.1, -0.05) is 6.92 Å². The minimum atomic E-state index is -0.242.